The van der Waals surface area contributed by atoms with Crippen molar-refractivity contribution < 1.29 is 4.79 Å². The Kier molecular flexibility index (Phi) is 4.37. The summed E-state index contributed by atoms with van der Waals surface area (Å²) in [5.74, 6) is 0.553. The molecule has 0 aliphatic carbocycles. The van der Waals surface area contributed by atoms with Crippen molar-refractivity contribution in [2.45, 2.75) is 6.54 Å². The first kappa shape index (κ1) is 14.8. The van der Waals surface area contributed by atoms with Crippen LogP contribution in [-0.2, 0) is 6.54 Å². The van der Waals surface area contributed by atoms with Crippen molar-refractivity contribution in [2.75, 3.05) is 31.8 Å². The SMILES string of the molecule is CN(C)C(=O)c1ccc(N(C)Cc2ccc(N)cc2)nn1. The maximum atomic E-state index is 11.7. The molecule has 110 valence electrons. The molecule has 0 radical (unpaired) electrons. The third-order valence-electron chi connectivity index (χ3n) is 3.07. The Hall–Kier alpha value is -2.63. The van der Waals surface area contributed by atoms with Crippen molar-refractivity contribution in [1.29, 1.82) is 0 Å². The summed E-state index contributed by atoms with van der Waals surface area (Å²) in [7, 11) is 5.30. The maximum Gasteiger partial charge on any atom is 0.273 e. The quantitative estimate of drug-likeness (QED) is 0.859. The van der Waals surface area contributed by atoms with Crippen LogP contribution in [0.3, 0.4) is 0 Å². The molecule has 6 heteroatoms. The first-order valence-corrected chi connectivity index (χ1v) is 6.58. The molecule has 2 N–H and O–H groups in total. The highest BCUT2D eigenvalue weighted by Gasteiger charge is 2.11. The summed E-state index contributed by atoms with van der Waals surface area (Å²) in [5, 5.41) is 8.07. The molecule has 0 aliphatic heterocycles. The van der Waals surface area contributed by atoms with E-state index in [1.165, 1.54) is 4.90 Å². The lowest BCUT2D eigenvalue weighted by Gasteiger charge is -2.18. The molecule has 0 fully saturated rings. The molecular weight excluding hydrogens is 266 g/mol. The standard InChI is InChI=1S/C15H19N5O/c1-19(2)15(21)13-8-9-14(18-17-13)20(3)10-11-4-6-12(16)7-5-11/h4-9H,10,16H2,1-3H3. The number of carbonyl (C=O) groups excluding carboxylic acids is 1. The molecule has 1 amide bonds. The Morgan fingerprint density at radius 2 is 1.71 bits per heavy atom. The third kappa shape index (κ3) is 3.68. The van der Waals surface area contributed by atoms with Gasteiger partial charge in [-0.3, -0.25) is 4.79 Å². The number of amides is 1. The lowest BCUT2D eigenvalue weighted by atomic mass is 10.2. The van der Waals surface area contributed by atoms with Crippen molar-refractivity contribution in [3.8, 4) is 0 Å². The van der Waals surface area contributed by atoms with Gasteiger partial charge < -0.3 is 15.5 Å². The van der Waals surface area contributed by atoms with Gasteiger partial charge in [0.1, 0.15) is 0 Å². The average Bonchev–Trinajstić information content (AvgIpc) is 2.49. The number of aromatic nitrogens is 2. The Balaban J connectivity index is 2.07. The molecule has 0 bridgehead atoms. The van der Waals surface area contributed by atoms with E-state index in [2.05, 4.69) is 10.2 Å². The van der Waals surface area contributed by atoms with Crippen LogP contribution in [0.4, 0.5) is 11.5 Å². The molecule has 0 saturated carbocycles. The zero-order valence-corrected chi connectivity index (χ0v) is 12.4. The van der Waals surface area contributed by atoms with Gasteiger partial charge in [-0.2, -0.15) is 0 Å². The molecule has 6 nitrogen and oxygen atoms in total. The Morgan fingerprint density at radius 1 is 1.05 bits per heavy atom. The summed E-state index contributed by atoms with van der Waals surface area (Å²) in [6.45, 7) is 0.690. The molecule has 0 unspecified atom stereocenters. The van der Waals surface area contributed by atoms with E-state index in [0.717, 1.165) is 11.3 Å². The van der Waals surface area contributed by atoms with Gasteiger partial charge in [-0.05, 0) is 29.8 Å². The van der Waals surface area contributed by atoms with Crippen LogP contribution in [0.2, 0.25) is 0 Å². The molecule has 0 atom stereocenters. The van der Waals surface area contributed by atoms with Crippen molar-refractivity contribution in [1.82, 2.24) is 15.1 Å². The van der Waals surface area contributed by atoms with Gasteiger partial charge in [0.2, 0.25) is 0 Å². The average molecular weight is 285 g/mol. The molecule has 2 rings (SSSR count). The van der Waals surface area contributed by atoms with Crippen LogP contribution in [-0.4, -0.2) is 42.1 Å². The molecule has 0 spiro atoms. The van der Waals surface area contributed by atoms with Crippen LogP contribution in [0, 0.1) is 0 Å². The molecule has 0 saturated heterocycles. The maximum absolute atomic E-state index is 11.7. The van der Waals surface area contributed by atoms with Crippen LogP contribution < -0.4 is 10.6 Å². The number of carbonyl (C=O) groups is 1. The van der Waals surface area contributed by atoms with E-state index in [-0.39, 0.29) is 5.91 Å². The number of nitrogens with two attached hydrogens (primary N) is 1. The van der Waals surface area contributed by atoms with Gasteiger partial charge in [0.15, 0.2) is 11.5 Å². The second-order valence-electron chi connectivity index (χ2n) is 5.07. The Bertz CT molecular complexity index is 607. The molecule has 2 aromatic rings. The van der Waals surface area contributed by atoms with E-state index in [9.17, 15) is 4.79 Å². The second-order valence-corrected chi connectivity index (χ2v) is 5.07. The van der Waals surface area contributed by atoms with Gasteiger partial charge in [0.25, 0.3) is 5.91 Å². The van der Waals surface area contributed by atoms with Gasteiger partial charge in [0.05, 0.1) is 0 Å². The van der Waals surface area contributed by atoms with Crippen LogP contribution in [0.5, 0.6) is 0 Å². The first-order valence-electron chi connectivity index (χ1n) is 6.58. The normalized spacial score (nSPS) is 10.2. The van der Waals surface area contributed by atoms with Gasteiger partial charge in [-0.15, -0.1) is 10.2 Å². The zero-order chi connectivity index (χ0) is 15.4. The van der Waals surface area contributed by atoms with Crippen LogP contribution in [0.15, 0.2) is 36.4 Å². The second kappa shape index (κ2) is 6.21. The highest BCUT2D eigenvalue weighted by molar-refractivity contribution is 5.91. The predicted octanol–water partition coefficient (Wildman–Crippen LogP) is 1.40. The predicted molar refractivity (Wildman–Crippen MR) is 83.0 cm³/mol. The molecule has 1 aromatic heterocycles. The number of hydrogen-bond donors (Lipinski definition) is 1. The fourth-order valence-electron chi connectivity index (χ4n) is 1.85. The minimum atomic E-state index is -0.157. The Morgan fingerprint density at radius 3 is 2.24 bits per heavy atom. The van der Waals surface area contributed by atoms with Crippen LogP contribution >= 0.6 is 0 Å². The van der Waals surface area contributed by atoms with Crippen molar-refractivity contribution in [2.24, 2.45) is 0 Å². The van der Waals surface area contributed by atoms with E-state index in [4.69, 9.17) is 5.73 Å². The largest absolute Gasteiger partial charge is 0.399 e. The number of hydrogen-bond acceptors (Lipinski definition) is 5. The minimum Gasteiger partial charge on any atom is -0.399 e. The van der Waals surface area contributed by atoms with Gasteiger partial charge >= 0.3 is 0 Å². The summed E-state index contributed by atoms with van der Waals surface area (Å²) >= 11 is 0. The number of nitrogen functional groups attached to an aromatic ring is 1. The molecule has 1 aromatic carbocycles. The van der Waals surface area contributed by atoms with E-state index in [1.54, 1.807) is 26.2 Å². The summed E-state index contributed by atoms with van der Waals surface area (Å²) in [5.41, 5.74) is 7.87. The topological polar surface area (TPSA) is 75.4 Å². The van der Waals surface area contributed by atoms with E-state index in [1.807, 2.05) is 36.2 Å². The van der Waals surface area contributed by atoms with Gasteiger partial charge in [-0.25, -0.2) is 0 Å². The van der Waals surface area contributed by atoms with E-state index < -0.39 is 0 Å². The van der Waals surface area contributed by atoms with E-state index >= 15 is 0 Å². The molecule has 21 heavy (non-hydrogen) atoms. The van der Waals surface area contributed by atoms with Crippen LogP contribution in [0.1, 0.15) is 16.1 Å². The molecule has 0 aliphatic rings. The number of rotatable bonds is 4. The zero-order valence-electron chi connectivity index (χ0n) is 12.4. The first-order chi connectivity index (χ1) is 9.97. The minimum absolute atomic E-state index is 0.157. The number of nitrogens with zero attached hydrogens (tertiary/aromatic N) is 4. The highest BCUT2D eigenvalue weighted by atomic mass is 16.2. The summed E-state index contributed by atoms with van der Waals surface area (Å²) < 4.78 is 0. The summed E-state index contributed by atoms with van der Waals surface area (Å²) in [6, 6.07) is 11.2. The number of anilines is 2. The monoisotopic (exact) mass is 285 g/mol. The van der Waals surface area contributed by atoms with Crippen molar-refractivity contribution in [3.63, 3.8) is 0 Å². The van der Waals surface area contributed by atoms with Gasteiger partial charge in [-0.1, -0.05) is 12.1 Å². The lowest BCUT2D eigenvalue weighted by molar-refractivity contribution is 0.0821. The van der Waals surface area contributed by atoms with E-state index in [0.29, 0.717) is 18.1 Å². The molecule has 1 heterocycles. The smallest absolute Gasteiger partial charge is 0.273 e. The highest BCUT2D eigenvalue weighted by Crippen LogP contribution is 2.13. The molecular formula is C15H19N5O. The lowest BCUT2D eigenvalue weighted by Crippen LogP contribution is -2.24. The Labute approximate surface area is 124 Å². The van der Waals surface area contributed by atoms with Crippen molar-refractivity contribution >= 4 is 17.4 Å². The number of benzene rings is 1. The summed E-state index contributed by atoms with van der Waals surface area (Å²) in [6.07, 6.45) is 0. The summed E-state index contributed by atoms with van der Waals surface area (Å²) in [4.78, 5) is 15.2. The van der Waals surface area contributed by atoms with Gasteiger partial charge in [0, 0.05) is 33.4 Å². The third-order valence-corrected chi connectivity index (χ3v) is 3.07. The fourth-order valence-corrected chi connectivity index (χ4v) is 1.85. The van der Waals surface area contributed by atoms with Crippen molar-refractivity contribution in [3.05, 3.63) is 47.7 Å². The van der Waals surface area contributed by atoms with Crippen LogP contribution in [0.25, 0.3) is 0 Å². The fraction of sp³-hybridized carbons (Fsp3) is 0.267.